The molecule has 0 aliphatic rings. The van der Waals surface area contributed by atoms with E-state index in [1.54, 1.807) is 12.1 Å². The van der Waals surface area contributed by atoms with Gasteiger partial charge in [0.1, 0.15) is 11.0 Å². The van der Waals surface area contributed by atoms with Crippen molar-refractivity contribution in [3.05, 3.63) is 29.0 Å². The molecule has 1 rings (SSSR count). The van der Waals surface area contributed by atoms with Crippen LogP contribution < -0.4 is 0 Å². The van der Waals surface area contributed by atoms with Crippen molar-refractivity contribution < 1.29 is 4.21 Å². The van der Waals surface area contributed by atoms with Gasteiger partial charge in [-0.2, -0.15) is 4.40 Å². The number of hydrogen-bond donors (Lipinski definition) is 0. The molecular formula is C10H13ClN2OS. The summed E-state index contributed by atoms with van der Waals surface area (Å²) in [6, 6.07) is 3.45. The third kappa shape index (κ3) is 4.10. The van der Waals surface area contributed by atoms with Gasteiger partial charge in [-0.1, -0.05) is 11.6 Å². The standard InChI is InChI=1S/C10H13ClN2OS/c1-10(2,3)15(14)13-7-9-5-4-8(11)6-12-9/h4-7H,1-3H3/b13-7+/t15-/m0/s1. The predicted molar refractivity (Wildman–Crippen MR) is 64.7 cm³/mol. The summed E-state index contributed by atoms with van der Waals surface area (Å²) in [5.74, 6) is 0. The first kappa shape index (κ1) is 12.3. The fourth-order valence-corrected chi connectivity index (χ4v) is 1.36. The van der Waals surface area contributed by atoms with Crippen molar-refractivity contribution in [2.75, 3.05) is 0 Å². The highest BCUT2D eigenvalue weighted by molar-refractivity contribution is 7.85. The van der Waals surface area contributed by atoms with Gasteiger partial charge < -0.3 is 0 Å². The molecule has 0 aliphatic carbocycles. The Bertz CT molecular complexity index is 381. The van der Waals surface area contributed by atoms with Crippen LogP contribution in [0, 0.1) is 0 Å². The molecule has 3 nitrogen and oxygen atoms in total. The van der Waals surface area contributed by atoms with Gasteiger partial charge in [0.15, 0.2) is 0 Å². The smallest absolute Gasteiger partial charge is 0.144 e. The minimum atomic E-state index is -1.25. The summed E-state index contributed by atoms with van der Waals surface area (Å²) in [4.78, 5) is 4.02. The lowest BCUT2D eigenvalue weighted by Gasteiger charge is -2.12. The van der Waals surface area contributed by atoms with Crippen LogP contribution in [0.4, 0.5) is 0 Å². The van der Waals surface area contributed by atoms with E-state index in [0.717, 1.165) is 0 Å². The molecule has 1 atom stereocenters. The molecule has 0 bridgehead atoms. The van der Waals surface area contributed by atoms with Crippen LogP contribution in [-0.2, 0) is 11.0 Å². The van der Waals surface area contributed by atoms with E-state index in [9.17, 15) is 4.21 Å². The van der Waals surface area contributed by atoms with Gasteiger partial charge in [-0.25, -0.2) is 4.21 Å². The van der Waals surface area contributed by atoms with E-state index in [0.29, 0.717) is 10.7 Å². The predicted octanol–water partition coefficient (Wildman–Crippen LogP) is 2.62. The Labute approximate surface area is 97.2 Å². The maximum Gasteiger partial charge on any atom is 0.144 e. The lowest BCUT2D eigenvalue weighted by molar-refractivity contribution is 0.651. The Hall–Kier alpha value is -0.740. The van der Waals surface area contributed by atoms with Gasteiger partial charge in [0.05, 0.1) is 21.7 Å². The van der Waals surface area contributed by atoms with Crippen LogP contribution in [0.2, 0.25) is 5.02 Å². The molecule has 0 aliphatic heterocycles. The quantitative estimate of drug-likeness (QED) is 0.751. The van der Waals surface area contributed by atoms with Crippen molar-refractivity contribution in [3.8, 4) is 0 Å². The van der Waals surface area contributed by atoms with E-state index in [1.165, 1.54) is 12.4 Å². The zero-order chi connectivity index (χ0) is 11.5. The molecular weight excluding hydrogens is 232 g/mol. The Morgan fingerprint density at radius 3 is 2.60 bits per heavy atom. The van der Waals surface area contributed by atoms with Gasteiger partial charge in [0, 0.05) is 6.20 Å². The second-order valence-corrected chi connectivity index (χ2v) is 6.37. The van der Waals surface area contributed by atoms with Crippen LogP contribution in [0.15, 0.2) is 22.7 Å². The molecule has 0 spiro atoms. The SMILES string of the molecule is CC(C)(C)[S@](=O)/N=C/c1ccc(Cl)cn1. The molecule has 1 aromatic rings. The average molecular weight is 245 g/mol. The van der Waals surface area contributed by atoms with Crippen molar-refractivity contribution >= 4 is 28.8 Å². The maximum absolute atomic E-state index is 11.6. The number of halogens is 1. The maximum atomic E-state index is 11.6. The number of pyridine rings is 1. The van der Waals surface area contributed by atoms with E-state index in [2.05, 4.69) is 9.38 Å². The summed E-state index contributed by atoms with van der Waals surface area (Å²) in [6.45, 7) is 5.61. The van der Waals surface area contributed by atoms with Gasteiger partial charge >= 0.3 is 0 Å². The lowest BCUT2D eigenvalue weighted by Crippen LogP contribution is -2.19. The fourth-order valence-electron chi connectivity index (χ4n) is 0.724. The Balaban J connectivity index is 2.74. The van der Waals surface area contributed by atoms with Crippen molar-refractivity contribution in [2.24, 2.45) is 4.40 Å². The second-order valence-electron chi connectivity index (χ2n) is 4.00. The van der Waals surface area contributed by atoms with Crippen LogP contribution in [-0.4, -0.2) is 20.2 Å². The van der Waals surface area contributed by atoms with Crippen LogP contribution in [0.1, 0.15) is 26.5 Å². The van der Waals surface area contributed by atoms with Gasteiger partial charge in [-0.3, -0.25) is 4.98 Å². The van der Waals surface area contributed by atoms with Crippen molar-refractivity contribution in [1.29, 1.82) is 0 Å². The fraction of sp³-hybridized carbons (Fsp3) is 0.400. The zero-order valence-corrected chi connectivity index (χ0v) is 10.5. The molecule has 0 amide bonds. The molecule has 15 heavy (non-hydrogen) atoms. The molecule has 0 saturated carbocycles. The van der Waals surface area contributed by atoms with Crippen LogP contribution in [0.3, 0.4) is 0 Å². The van der Waals surface area contributed by atoms with Crippen molar-refractivity contribution in [2.45, 2.75) is 25.5 Å². The van der Waals surface area contributed by atoms with Gasteiger partial charge in [0.25, 0.3) is 0 Å². The molecule has 0 fully saturated rings. The summed E-state index contributed by atoms with van der Waals surface area (Å²) >= 11 is 5.68. The van der Waals surface area contributed by atoms with E-state index in [-0.39, 0.29) is 4.75 Å². The highest BCUT2D eigenvalue weighted by Crippen LogP contribution is 2.12. The Morgan fingerprint density at radius 2 is 2.13 bits per heavy atom. The summed E-state index contributed by atoms with van der Waals surface area (Å²) in [6.07, 6.45) is 3.03. The van der Waals surface area contributed by atoms with Crippen molar-refractivity contribution in [3.63, 3.8) is 0 Å². The summed E-state index contributed by atoms with van der Waals surface area (Å²) in [7, 11) is -1.25. The number of nitrogens with zero attached hydrogens (tertiary/aromatic N) is 2. The first-order valence-corrected chi connectivity index (χ1v) is 5.96. The zero-order valence-electron chi connectivity index (χ0n) is 8.90. The third-order valence-corrected chi connectivity index (χ3v) is 3.12. The summed E-state index contributed by atoms with van der Waals surface area (Å²) in [5.41, 5.74) is 0.650. The number of aromatic nitrogens is 1. The van der Waals surface area contributed by atoms with Gasteiger partial charge in [-0.15, -0.1) is 0 Å². The molecule has 82 valence electrons. The van der Waals surface area contributed by atoms with Gasteiger partial charge in [-0.05, 0) is 32.9 Å². The molecule has 0 saturated heterocycles. The Morgan fingerprint density at radius 1 is 1.47 bits per heavy atom. The molecule has 0 radical (unpaired) electrons. The molecule has 0 N–H and O–H groups in total. The Kier molecular flexibility index (Phi) is 3.99. The third-order valence-electron chi connectivity index (χ3n) is 1.55. The van der Waals surface area contributed by atoms with Crippen LogP contribution in [0.25, 0.3) is 0 Å². The molecule has 5 heteroatoms. The van der Waals surface area contributed by atoms with Gasteiger partial charge in [0.2, 0.25) is 0 Å². The monoisotopic (exact) mass is 244 g/mol. The molecule has 0 unspecified atom stereocenters. The van der Waals surface area contributed by atoms with E-state index in [1.807, 2.05) is 20.8 Å². The normalized spacial score (nSPS) is 14.4. The second kappa shape index (κ2) is 4.86. The average Bonchev–Trinajstić information content (AvgIpc) is 2.15. The van der Waals surface area contributed by atoms with E-state index >= 15 is 0 Å². The highest BCUT2D eigenvalue weighted by atomic mass is 35.5. The summed E-state index contributed by atoms with van der Waals surface area (Å²) in [5, 5.41) is 0.573. The highest BCUT2D eigenvalue weighted by Gasteiger charge is 2.18. The van der Waals surface area contributed by atoms with Crippen LogP contribution >= 0.6 is 11.6 Å². The largest absolute Gasteiger partial charge is 0.254 e. The van der Waals surface area contributed by atoms with Crippen LogP contribution in [0.5, 0.6) is 0 Å². The minimum Gasteiger partial charge on any atom is -0.254 e. The number of rotatable bonds is 2. The minimum absolute atomic E-state index is 0.344. The number of hydrogen-bond acceptors (Lipinski definition) is 2. The van der Waals surface area contributed by atoms with E-state index < -0.39 is 11.0 Å². The lowest BCUT2D eigenvalue weighted by atomic mass is 10.3. The first-order chi connectivity index (χ1) is 6.89. The first-order valence-electron chi connectivity index (χ1n) is 4.47. The molecule has 1 heterocycles. The molecule has 1 aromatic heterocycles. The topological polar surface area (TPSA) is 42.3 Å². The molecule has 0 aromatic carbocycles. The summed E-state index contributed by atoms with van der Waals surface area (Å²) < 4.78 is 15.2. The van der Waals surface area contributed by atoms with Crippen molar-refractivity contribution in [1.82, 2.24) is 4.98 Å². The van der Waals surface area contributed by atoms with E-state index in [4.69, 9.17) is 11.6 Å².